The highest BCUT2D eigenvalue weighted by Crippen LogP contribution is 2.25. The molecule has 140 valence electrons. The van der Waals surface area contributed by atoms with Crippen LogP contribution >= 0.6 is 27.3 Å². The van der Waals surface area contributed by atoms with Gasteiger partial charge in [0.05, 0.1) is 18.3 Å². The van der Waals surface area contributed by atoms with Crippen LogP contribution in [0.25, 0.3) is 16.2 Å². The Kier molecular flexibility index (Phi) is 5.23. The molecule has 1 amide bonds. The Balaban J connectivity index is 1.44. The van der Waals surface area contributed by atoms with Crippen molar-refractivity contribution in [3.8, 4) is 17.0 Å². The minimum Gasteiger partial charge on any atom is -0.508 e. The molecule has 6 nitrogen and oxygen atoms in total. The van der Waals surface area contributed by atoms with Crippen LogP contribution in [0.15, 0.2) is 69.7 Å². The number of nitrogens with one attached hydrogen (secondary N) is 1. The van der Waals surface area contributed by atoms with Crippen molar-refractivity contribution in [1.29, 1.82) is 0 Å². The zero-order valence-electron chi connectivity index (χ0n) is 14.5. The molecule has 4 aromatic rings. The Morgan fingerprint density at radius 1 is 1.21 bits per heavy atom. The van der Waals surface area contributed by atoms with E-state index in [2.05, 4.69) is 31.4 Å². The fraction of sp³-hybridized carbons (Fsp3) is 0.0500. The van der Waals surface area contributed by atoms with Crippen LogP contribution in [-0.4, -0.2) is 26.6 Å². The number of amides is 1. The Morgan fingerprint density at radius 3 is 2.71 bits per heavy atom. The first kappa shape index (κ1) is 18.4. The number of benzene rings is 2. The van der Waals surface area contributed by atoms with E-state index < -0.39 is 0 Å². The number of thiazole rings is 1. The van der Waals surface area contributed by atoms with Gasteiger partial charge in [0.1, 0.15) is 5.75 Å². The molecule has 0 saturated heterocycles. The molecule has 0 aliphatic heterocycles. The minimum atomic E-state index is -0.214. The molecule has 0 aliphatic carbocycles. The maximum Gasteiger partial charge on any atom is 0.246 e. The van der Waals surface area contributed by atoms with Gasteiger partial charge in [-0.15, -0.1) is 11.3 Å². The number of imidazole rings is 1. The summed E-state index contributed by atoms with van der Waals surface area (Å²) in [4.78, 5) is 17.7. The molecule has 0 bridgehead atoms. The number of fused-ring (bicyclic) bond motifs is 1. The molecule has 0 atom stereocenters. The van der Waals surface area contributed by atoms with Gasteiger partial charge in [-0.1, -0.05) is 28.1 Å². The van der Waals surface area contributed by atoms with Gasteiger partial charge in [0, 0.05) is 27.3 Å². The fourth-order valence-corrected chi connectivity index (χ4v) is 3.80. The van der Waals surface area contributed by atoms with Gasteiger partial charge >= 0.3 is 0 Å². The number of aromatic nitrogens is 2. The number of nitrogens with zero attached hydrogens (tertiary/aromatic N) is 3. The smallest absolute Gasteiger partial charge is 0.246 e. The van der Waals surface area contributed by atoms with E-state index >= 15 is 0 Å². The van der Waals surface area contributed by atoms with E-state index in [1.165, 1.54) is 17.6 Å². The summed E-state index contributed by atoms with van der Waals surface area (Å²) >= 11 is 4.93. The van der Waals surface area contributed by atoms with Crippen molar-refractivity contribution in [3.63, 3.8) is 0 Å². The van der Waals surface area contributed by atoms with Crippen molar-refractivity contribution in [2.45, 2.75) is 6.42 Å². The summed E-state index contributed by atoms with van der Waals surface area (Å²) in [5.74, 6) is -0.0286. The number of hydrogen-bond donors (Lipinski definition) is 2. The molecule has 28 heavy (non-hydrogen) atoms. The molecule has 2 aromatic heterocycles. The average molecular weight is 455 g/mol. The van der Waals surface area contributed by atoms with Crippen LogP contribution in [0.2, 0.25) is 0 Å². The lowest BCUT2D eigenvalue weighted by Crippen LogP contribution is -2.20. The van der Waals surface area contributed by atoms with Crippen molar-refractivity contribution < 1.29 is 9.90 Å². The summed E-state index contributed by atoms with van der Waals surface area (Å²) in [6, 6.07) is 14.5. The number of hydrazone groups is 1. The third kappa shape index (κ3) is 4.13. The summed E-state index contributed by atoms with van der Waals surface area (Å²) in [6.45, 7) is 0. The highest BCUT2D eigenvalue weighted by atomic mass is 79.9. The normalized spacial score (nSPS) is 11.3. The number of carbonyl (C=O) groups excluding carboxylic acids is 1. The number of rotatable bonds is 5. The van der Waals surface area contributed by atoms with Crippen LogP contribution in [0.1, 0.15) is 11.3 Å². The predicted molar refractivity (Wildman–Crippen MR) is 114 cm³/mol. The van der Waals surface area contributed by atoms with Crippen LogP contribution in [-0.2, 0) is 11.2 Å². The van der Waals surface area contributed by atoms with Gasteiger partial charge in [0.15, 0.2) is 4.96 Å². The van der Waals surface area contributed by atoms with Gasteiger partial charge in [0.25, 0.3) is 0 Å². The maximum atomic E-state index is 12.2. The number of hydrogen-bond acceptors (Lipinski definition) is 5. The average Bonchev–Trinajstić information content (AvgIpc) is 3.26. The molecule has 2 aromatic carbocycles. The summed E-state index contributed by atoms with van der Waals surface area (Å²) in [5, 5.41) is 15.2. The largest absolute Gasteiger partial charge is 0.508 e. The highest BCUT2D eigenvalue weighted by Gasteiger charge is 2.12. The Morgan fingerprint density at radius 2 is 1.96 bits per heavy atom. The number of phenolic OH excluding ortho intramolecular Hbond substituents is 1. The predicted octanol–water partition coefficient (Wildman–Crippen LogP) is 4.22. The van der Waals surface area contributed by atoms with Crippen molar-refractivity contribution in [2.75, 3.05) is 0 Å². The van der Waals surface area contributed by atoms with Crippen LogP contribution in [0, 0.1) is 0 Å². The second-order valence-electron chi connectivity index (χ2n) is 6.07. The van der Waals surface area contributed by atoms with Crippen LogP contribution in [0.5, 0.6) is 5.75 Å². The maximum absolute atomic E-state index is 12.2. The van der Waals surface area contributed by atoms with Crippen molar-refractivity contribution in [3.05, 3.63) is 75.8 Å². The zero-order valence-corrected chi connectivity index (χ0v) is 16.9. The Bertz CT molecular complexity index is 1150. The molecule has 2 N–H and O–H groups in total. The Hall–Kier alpha value is -2.97. The summed E-state index contributed by atoms with van der Waals surface area (Å²) in [6.07, 6.45) is 3.67. The quantitative estimate of drug-likeness (QED) is 0.349. The molecule has 0 fully saturated rings. The first-order valence-corrected chi connectivity index (χ1v) is 10.1. The SMILES string of the molecule is O=C(Cc1csc2nc(-c3ccc(Br)cc3)cn12)N/N=C/c1ccc(O)cc1. The third-order valence-corrected chi connectivity index (χ3v) is 5.48. The number of halogens is 1. The second-order valence-corrected chi connectivity index (χ2v) is 7.83. The van der Waals surface area contributed by atoms with E-state index in [4.69, 9.17) is 0 Å². The van der Waals surface area contributed by atoms with E-state index in [1.54, 1.807) is 24.3 Å². The van der Waals surface area contributed by atoms with Gasteiger partial charge in [0.2, 0.25) is 5.91 Å². The van der Waals surface area contributed by atoms with Crippen molar-refractivity contribution >= 4 is 44.3 Å². The Labute approximate surface area is 173 Å². The molecular weight excluding hydrogens is 440 g/mol. The lowest BCUT2D eigenvalue weighted by molar-refractivity contribution is -0.120. The first-order chi connectivity index (χ1) is 13.6. The molecule has 8 heteroatoms. The minimum absolute atomic E-state index is 0.186. The van der Waals surface area contributed by atoms with Gasteiger partial charge in [-0.05, 0) is 42.0 Å². The van der Waals surface area contributed by atoms with Crippen molar-refractivity contribution in [1.82, 2.24) is 14.8 Å². The third-order valence-electron chi connectivity index (χ3n) is 4.06. The van der Waals surface area contributed by atoms with E-state index in [9.17, 15) is 9.90 Å². The van der Waals surface area contributed by atoms with E-state index in [1.807, 2.05) is 40.2 Å². The second kappa shape index (κ2) is 7.95. The van der Waals surface area contributed by atoms with Crippen LogP contribution < -0.4 is 5.43 Å². The molecular formula is C20H15BrN4O2S. The lowest BCUT2D eigenvalue weighted by Gasteiger charge is -2.00. The number of phenols is 1. The van der Waals surface area contributed by atoms with Crippen LogP contribution in [0.4, 0.5) is 0 Å². The van der Waals surface area contributed by atoms with E-state index in [0.29, 0.717) is 0 Å². The van der Waals surface area contributed by atoms with Gasteiger partial charge in [-0.2, -0.15) is 5.10 Å². The lowest BCUT2D eigenvalue weighted by atomic mass is 10.2. The number of carbonyl (C=O) groups is 1. The summed E-state index contributed by atoms with van der Waals surface area (Å²) in [5.41, 5.74) is 6.05. The molecule has 4 rings (SSSR count). The summed E-state index contributed by atoms with van der Waals surface area (Å²) < 4.78 is 2.95. The van der Waals surface area contributed by atoms with E-state index in [-0.39, 0.29) is 18.1 Å². The van der Waals surface area contributed by atoms with Gasteiger partial charge in [-0.3, -0.25) is 9.20 Å². The number of aromatic hydroxyl groups is 1. The molecule has 0 saturated carbocycles. The van der Waals surface area contributed by atoms with Gasteiger partial charge < -0.3 is 5.11 Å². The van der Waals surface area contributed by atoms with Crippen molar-refractivity contribution in [2.24, 2.45) is 5.10 Å². The molecule has 0 aliphatic rings. The van der Waals surface area contributed by atoms with Gasteiger partial charge in [-0.25, -0.2) is 10.4 Å². The zero-order chi connectivity index (χ0) is 19.5. The molecule has 0 spiro atoms. The fourth-order valence-electron chi connectivity index (χ4n) is 2.66. The topological polar surface area (TPSA) is 79.0 Å². The van der Waals surface area contributed by atoms with E-state index in [0.717, 1.165) is 31.9 Å². The molecule has 0 unspecified atom stereocenters. The summed E-state index contributed by atoms with van der Waals surface area (Å²) in [7, 11) is 0. The standard InChI is InChI=1S/C20H15BrN4O2S/c21-15-5-3-14(4-6-15)18-11-25-16(12-28-20(25)23-18)9-19(27)24-22-10-13-1-7-17(26)8-2-13/h1-8,10-12,26H,9H2,(H,24,27)/b22-10+. The molecule has 0 radical (unpaired) electrons. The molecule has 2 heterocycles. The first-order valence-electron chi connectivity index (χ1n) is 8.41. The van der Waals surface area contributed by atoms with Crippen LogP contribution in [0.3, 0.4) is 0 Å². The highest BCUT2D eigenvalue weighted by molar-refractivity contribution is 9.10. The monoisotopic (exact) mass is 454 g/mol.